The van der Waals surface area contributed by atoms with Crippen molar-refractivity contribution in [2.45, 2.75) is 32.3 Å². The third-order valence-corrected chi connectivity index (χ3v) is 2.54. The van der Waals surface area contributed by atoms with Crippen LogP contribution >= 0.6 is 0 Å². The fourth-order valence-corrected chi connectivity index (χ4v) is 1.64. The molecule has 0 amide bonds. The van der Waals surface area contributed by atoms with Crippen molar-refractivity contribution < 1.29 is 13.5 Å². The van der Waals surface area contributed by atoms with Gasteiger partial charge in [0.15, 0.2) is 6.10 Å². The molecule has 0 saturated heterocycles. The van der Waals surface area contributed by atoms with Gasteiger partial charge in [0.2, 0.25) is 0 Å². The average molecular weight is 198 g/mol. The van der Waals surface area contributed by atoms with Crippen molar-refractivity contribution in [3.63, 3.8) is 0 Å². The van der Waals surface area contributed by atoms with Gasteiger partial charge in [-0.15, -0.1) is 0 Å². The van der Waals surface area contributed by atoms with Crippen molar-refractivity contribution in [3.8, 4) is 5.75 Å². The highest BCUT2D eigenvalue weighted by Crippen LogP contribution is 2.36. The van der Waals surface area contributed by atoms with Crippen molar-refractivity contribution in [1.29, 1.82) is 0 Å². The third-order valence-electron chi connectivity index (χ3n) is 2.54. The summed E-state index contributed by atoms with van der Waals surface area (Å²) in [6, 6.07) is 5.39. The quantitative estimate of drug-likeness (QED) is 0.622. The largest absolute Gasteiger partial charge is 0.484 e. The van der Waals surface area contributed by atoms with Crippen molar-refractivity contribution >= 4 is 0 Å². The first-order valence-corrected chi connectivity index (χ1v) is 4.63. The summed E-state index contributed by atoms with van der Waals surface area (Å²) >= 11 is 0. The van der Waals surface area contributed by atoms with E-state index in [2.05, 4.69) is 0 Å². The molecular weight excluding hydrogens is 186 g/mol. The lowest BCUT2D eigenvalue weighted by atomic mass is 9.98. The number of fused-ring (bicyclic) bond motifs is 1. The van der Waals surface area contributed by atoms with E-state index >= 15 is 0 Å². The highest BCUT2D eigenvalue weighted by atomic mass is 19.3. The van der Waals surface area contributed by atoms with Gasteiger partial charge in [0, 0.05) is 12.0 Å². The Kier molecular flexibility index (Phi) is 1.98. The summed E-state index contributed by atoms with van der Waals surface area (Å²) in [6.07, 6.45) is -1.25. The minimum atomic E-state index is -2.75. The van der Waals surface area contributed by atoms with Gasteiger partial charge in [0.05, 0.1) is 0 Å². The Balaban J connectivity index is 2.41. The van der Waals surface area contributed by atoms with Gasteiger partial charge in [-0.3, -0.25) is 0 Å². The minimum absolute atomic E-state index is 0.217. The molecule has 1 aromatic carbocycles. The molecule has 0 aromatic heterocycles. The van der Waals surface area contributed by atoms with E-state index in [0.29, 0.717) is 11.3 Å². The van der Waals surface area contributed by atoms with E-state index in [4.69, 9.17) is 4.74 Å². The zero-order chi connectivity index (χ0) is 10.3. The van der Waals surface area contributed by atoms with Gasteiger partial charge < -0.3 is 4.74 Å². The molecule has 3 heteroatoms. The van der Waals surface area contributed by atoms with Crippen molar-refractivity contribution in [3.05, 3.63) is 29.3 Å². The molecule has 0 bridgehead atoms. The van der Waals surface area contributed by atoms with Crippen LogP contribution in [0.3, 0.4) is 0 Å². The third kappa shape index (κ3) is 1.47. The monoisotopic (exact) mass is 198 g/mol. The zero-order valence-electron chi connectivity index (χ0n) is 8.18. The van der Waals surface area contributed by atoms with Crippen LogP contribution in [0.4, 0.5) is 8.78 Å². The van der Waals surface area contributed by atoms with Crippen LogP contribution in [0.1, 0.15) is 18.1 Å². The molecule has 0 spiro atoms. The van der Waals surface area contributed by atoms with Gasteiger partial charge in [-0.1, -0.05) is 17.7 Å². The highest BCUT2D eigenvalue weighted by Gasteiger charge is 2.42. The van der Waals surface area contributed by atoms with Crippen LogP contribution in [0.15, 0.2) is 18.2 Å². The van der Waals surface area contributed by atoms with Gasteiger partial charge >= 0.3 is 0 Å². The van der Waals surface area contributed by atoms with Gasteiger partial charge in [-0.05, 0) is 19.9 Å². The van der Waals surface area contributed by atoms with Gasteiger partial charge in [-0.2, -0.15) is 0 Å². The Labute approximate surface area is 81.7 Å². The van der Waals surface area contributed by atoms with Gasteiger partial charge in [-0.25, -0.2) is 8.78 Å². The molecule has 1 aliphatic rings. The molecule has 0 N–H and O–H groups in total. The summed E-state index contributed by atoms with van der Waals surface area (Å²) in [5.41, 5.74) is 1.59. The standard InChI is InChI=1S/C11H12F2O/c1-7-3-4-10-9(5-7)6-11(12,13)8(2)14-10/h3-5,8H,6H2,1-2H3. The molecule has 0 saturated carbocycles. The molecular formula is C11H12F2O. The maximum absolute atomic E-state index is 13.3. The van der Waals surface area contributed by atoms with Gasteiger partial charge in [0.25, 0.3) is 5.92 Å². The molecule has 1 atom stereocenters. The van der Waals surface area contributed by atoms with Crippen LogP contribution in [0.2, 0.25) is 0 Å². The molecule has 1 aromatic rings. The lowest BCUT2D eigenvalue weighted by molar-refractivity contribution is -0.0984. The van der Waals surface area contributed by atoms with E-state index in [1.165, 1.54) is 6.92 Å². The van der Waals surface area contributed by atoms with E-state index < -0.39 is 12.0 Å². The Morgan fingerprint density at radius 1 is 1.43 bits per heavy atom. The second-order valence-corrected chi connectivity index (χ2v) is 3.81. The number of hydrogen-bond donors (Lipinski definition) is 0. The fourth-order valence-electron chi connectivity index (χ4n) is 1.64. The van der Waals surface area contributed by atoms with Crippen molar-refractivity contribution in [1.82, 2.24) is 0 Å². The number of rotatable bonds is 0. The Hall–Kier alpha value is -1.12. The zero-order valence-corrected chi connectivity index (χ0v) is 8.18. The minimum Gasteiger partial charge on any atom is -0.484 e. The molecule has 14 heavy (non-hydrogen) atoms. The van der Waals surface area contributed by atoms with E-state index in [1.54, 1.807) is 12.1 Å². The predicted octanol–water partition coefficient (Wildman–Crippen LogP) is 2.95. The first-order valence-electron chi connectivity index (χ1n) is 4.63. The van der Waals surface area contributed by atoms with E-state index in [1.807, 2.05) is 13.0 Å². The average Bonchev–Trinajstić information content (AvgIpc) is 2.07. The number of benzene rings is 1. The molecule has 1 aliphatic heterocycles. The SMILES string of the molecule is Cc1ccc2c(c1)CC(F)(F)C(C)O2. The first-order chi connectivity index (χ1) is 6.49. The Bertz CT molecular complexity index is 360. The van der Waals surface area contributed by atoms with Crippen LogP contribution in [0.5, 0.6) is 5.75 Å². The number of alkyl halides is 2. The molecule has 0 aliphatic carbocycles. The van der Waals surface area contributed by atoms with Crippen LogP contribution in [-0.4, -0.2) is 12.0 Å². The van der Waals surface area contributed by atoms with E-state index in [9.17, 15) is 8.78 Å². The molecule has 0 fully saturated rings. The topological polar surface area (TPSA) is 9.23 Å². The summed E-state index contributed by atoms with van der Waals surface area (Å²) in [5.74, 6) is -2.16. The maximum atomic E-state index is 13.3. The lowest BCUT2D eigenvalue weighted by Crippen LogP contribution is -2.41. The summed E-state index contributed by atoms with van der Waals surface area (Å²) in [5, 5.41) is 0. The molecule has 0 radical (unpaired) electrons. The predicted molar refractivity (Wildman–Crippen MR) is 49.9 cm³/mol. The summed E-state index contributed by atoms with van der Waals surface area (Å²) in [7, 11) is 0. The first kappa shape index (κ1) is 9.44. The van der Waals surface area contributed by atoms with Crippen molar-refractivity contribution in [2.24, 2.45) is 0 Å². The fraction of sp³-hybridized carbons (Fsp3) is 0.455. The second-order valence-electron chi connectivity index (χ2n) is 3.81. The molecule has 1 heterocycles. The summed E-state index contributed by atoms with van der Waals surface area (Å²) in [6.45, 7) is 3.29. The van der Waals surface area contributed by atoms with Crippen LogP contribution in [0, 0.1) is 6.92 Å². The maximum Gasteiger partial charge on any atom is 0.287 e. The number of hydrogen-bond acceptors (Lipinski definition) is 1. The lowest BCUT2D eigenvalue weighted by Gasteiger charge is -2.31. The molecule has 2 rings (SSSR count). The van der Waals surface area contributed by atoms with Crippen LogP contribution in [0.25, 0.3) is 0 Å². The highest BCUT2D eigenvalue weighted by molar-refractivity contribution is 5.39. The Morgan fingerprint density at radius 2 is 2.14 bits per heavy atom. The molecule has 76 valence electrons. The summed E-state index contributed by atoms with van der Waals surface area (Å²) in [4.78, 5) is 0. The van der Waals surface area contributed by atoms with E-state index in [0.717, 1.165) is 5.56 Å². The molecule has 1 unspecified atom stereocenters. The van der Waals surface area contributed by atoms with E-state index in [-0.39, 0.29) is 6.42 Å². The molecule has 1 nitrogen and oxygen atoms in total. The van der Waals surface area contributed by atoms with Gasteiger partial charge in [0.1, 0.15) is 5.75 Å². The number of halogens is 2. The second kappa shape index (κ2) is 2.94. The number of aryl methyl sites for hydroxylation is 1. The van der Waals surface area contributed by atoms with Crippen LogP contribution < -0.4 is 4.74 Å². The summed E-state index contributed by atoms with van der Waals surface area (Å²) < 4.78 is 31.7. The normalized spacial score (nSPS) is 23.9. The van der Waals surface area contributed by atoms with Crippen LogP contribution in [-0.2, 0) is 6.42 Å². The number of ether oxygens (including phenoxy) is 1. The van der Waals surface area contributed by atoms with Crippen molar-refractivity contribution in [2.75, 3.05) is 0 Å². The smallest absolute Gasteiger partial charge is 0.287 e. The Morgan fingerprint density at radius 3 is 2.86 bits per heavy atom.